The number of alkyl halides is 1. The molecular weight excluding hydrogens is 182 g/mol. The third-order valence-corrected chi connectivity index (χ3v) is 1.89. The summed E-state index contributed by atoms with van der Waals surface area (Å²) in [6.07, 6.45) is 3.67. The first-order chi connectivity index (χ1) is 5.36. The molecule has 0 amide bonds. The van der Waals surface area contributed by atoms with E-state index in [-0.39, 0.29) is 6.07 Å². The molecule has 0 aliphatic heterocycles. The lowest BCUT2D eigenvalue weighted by molar-refractivity contribution is 0.386. The normalized spacial score (nSPS) is 9.64. The van der Waals surface area contributed by atoms with Gasteiger partial charge in [0.15, 0.2) is 6.07 Å². The summed E-state index contributed by atoms with van der Waals surface area (Å²) in [5.41, 5.74) is 0. The van der Waals surface area contributed by atoms with Crippen molar-refractivity contribution in [3.05, 3.63) is 18.3 Å². The fourth-order valence-corrected chi connectivity index (χ4v) is 1.18. The van der Waals surface area contributed by atoms with E-state index in [1.165, 1.54) is 0 Å². The van der Waals surface area contributed by atoms with E-state index < -0.39 is 0 Å². The Kier molecular flexibility index (Phi) is 3.52. The number of rotatable bonds is 3. The van der Waals surface area contributed by atoms with Crippen LogP contribution in [0.5, 0.6) is 5.75 Å². The van der Waals surface area contributed by atoms with E-state index in [4.69, 9.17) is 16.3 Å². The Morgan fingerprint density at radius 3 is 3.18 bits per heavy atom. The third kappa shape index (κ3) is 2.60. The molecule has 0 aliphatic carbocycles. The van der Waals surface area contributed by atoms with Gasteiger partial charge in [0.25, 0.3) is 0 Å². The van der Waals surface area contributed by atoms with E-state index >= 15 is 0 Å². The maximum atomic E-state index is 5.38. The number of pyridine rings is 1. The molecule has 0 aliphatic rings. The molecule has 0 N–H and O–H groups in total. The fraction of sp³-hybridized carbons (Fsp3) is 0.286. The smallest absolute Gasteiger partial charge is 0.162 e. The molecule has 0 fully saturated rings. The summed E-state index contributed by atoms with van der Waals surface area (Å²) in [7, 11) is 0. The molecule has 11 heavy (non-hydrogen) atoms. The van der Waals surface area contributed by atoms with Gasteiger partial charge in [-0.05, 0) is 12.3 Å². The van der Waals surface area contributed by atoms with Crippen molar-refractivity contribution in [1.29, 1.82) is 0 Å². The van der Waals surface area contributed by atoms with E-state index in [1.54, 1.807) is 24.0 Å². The first-order valence-electron chi connectivity index (χ1n) is 3.05. The number of hydrogen-bond donors (Lipinski definition) is 0. The molecule has 1 aromatic rings. The van der Waals surface area contributed by atoms with Crippen molar-refractivity contribution < 1.29 is 4.74 Å². The minimum absolute atomic E-state index is 0.178. The van der Waals surface area contributed by atoms with Crippen molar-refractivity contribution in [2.45, 2.75) is 5.03 Å². The number of hydrogen-bond acceptors (Lipinski definition) is 3. The Morgan fingerprint density at radius 1 is 1.73 bits per heavy atom. The van der Waals surface area contributed by atoms with Crippen LogP contribution >= 0.6 is 23.4 Å². The van der Waals surface area contributed by atoms with Gasteiger partial charge >= 0.3 is 0 Å². The van der Waals surface area contributed by atoms with Crippen molar-refractivity contribution in [1.82, 2.24) is 4.98 Å². The number of ether oxygens (including phenoxy) is 1. The third-order valence-electron chi connectivity index (χ3n) is 1.14. The van der Waals surface area contributed by atoms with Crippen molar-refractivity contribution in [2.24, 2.45) is 0 Å². The van der Waals surface area contributed by atoms with E-state index in [2.05, 4.69) is 4.98 Å². The van der Waals surface area contributed by atoms with Crippen LogP contribution in [0.3, 0.4) is 0 Å². The van der Waals surface area contributed by atoms with Crippen LogP contribution in [0, 0.1) is 0 Å². The van der Waals surface area contributed by atoms with Crippen LogP contribution < -0.4 is 4.74 Å². The summed E-state index contributed by atoms with van der Waals surface area (Å²) in [4.78, 5) is 4.08. The van der Waals surface area contributed by atoms with Crippen LogP contribution in [0.1, 0.15) is 0 Å². The zero-order chi connectivity index (χ0) is 8.10. The van der Waals surface area contributed by atoms with Gasteiger partial charge in [-0.1, -0.05) is 11.6 Å². The van der Waals surface area contributed by atoms with Gasteiger partial charge in [0.1, 0.15) is 5.75 Å². The Hall–Kier alpha value is -0.410. The van der Waals surface area contributed by atoms with Crippen LogP contribution in [0.4, 0.5) is 0 Å². The summed E-state index contributed by atoms with van der Waals surface area (Å²) >= 11 is 6.96. The molecular formula is C7H8ClNOS. The number of thioether (sulfide) groups is 1. The summed E-state index contributed by atoms with van der Waals surface area (Å²) in [5, 5.41) is 0.938. The lowest BCUT2D eigenvalue weighted by atomic mass is 10.5. The van der Waals surface area contributed by atoms with Crippen LogP contribution in [0.2, 0.25) is 0 Å². The number of aromatic nitrogens is 1. The number of nitrogens with zero attached hydrogens (tertiary/aromatic N) is 1. The largest absolute Gasteiger partial charge is 0.478 e. The highest BCUT2D eigenvalue weighted by atomic mass is 35.5. The molecule has 0 radical (unpaired) electrons. The molecule has 0 saturated carbocycles. The minimum atomic E-state index is 0.178. The van der Waals surface area contributed by atoms with Gasteiger partial charge in [0.05, 0.1) is 5.03 Å². The maximum Gasteiger partial charge on any atom is 0.162 e. The monoisotopic (exact) mass is 189 g/mol. The van der Waals surface area contributed by atoms with E-state index in [0.717, 1.165) is 10.8 Å². The van der Waals surface area contributed by atoms with Gasteiger partial charge in [-0.15, -0.1) is 11.8 Å². The molecule has 60 valence electrons. The zero-order valence-electron chi connectivity index (χ0n) is 6.08. The Labute approximate surface area is 74.9 Å². The molecule has 1 heterocycles. The molecule has 0 unspecified atom stereocenters. The SMILES string of the molecule is CSc1cc(OCCl)ccn1. The second-order valence-electron chi connectivity index (χ2n) is 1.79. The van der Waals surface area contributed by atoms with E-state index in [9.17, 15) is 0 Å². The lowest BCUT2D eigenvalue weighted by Crippen LogP contribution is -1.89. The van der Waals surface area contributed by atoms with Crippen molar-refractivity contribution in [3.63, 3.8) is 0 Å². The second kappa shape index (κ2) is 4.46. The van der Waals surface area contributed by atoms with Gasteiger partial charge in [-0.2, -0.15) is 0 Å². The van der Waals surface area contributed by atoms with Gasteiger partial charge in [0.2, 0.25) is 0 Å². The zero-order valence-corrected chi connectivity index (χ0v) is 7.65. The average molecular weight is 190 g/mol. The molecule has 0 bridgehead atoms. The quantitative estimate of drug-likeness (QED) is 0.539. The summed E-state index contributed by atoms with van der Waals surface area (Å²) in [6, 6.07) is 3.81. The van der Waals surface area contributed by atoms with Crippen LogP contribution in [0.15, 0.2) is 23.4 Å². The molecule has 0 spiro atoms. The van der Waals surface area contributed by atoms with Crippen LogP contribution in [0.25, 0.3) is 0 Å². The first-order valence-corrected chi connectivity index (χ1v) is 4.81. The highest BCUT2D eigenvalue weighted by Gasteiger charge is 1.94. The van der Waals surface area contributed by atoms with Gasteiger partial charge in [-0.25, -0.2) is 4.98 Å². The molecule has 0 saturated heterocycles. The van der Waals surface area contributed by atoms with Crippen molar-refractivity contribution >= 4 is 23.4 Å². The molecule has 4 heteroatoms. The predicted molar refractivity (Wildman–Crippen MR) is 47.4 cm³/mol. The molecule has 0 atom stereocenters. The Balaban J connectivity index is 2.74. The second-order valence-corrected chi connectivity index (χ2v) is 2.83. The van der Waals surface area contributed by atoms with Crippen LogP contribution in [-0.4, -0.2) is 17.3 Å². The highest BCUT2D eigenvalue weighted by molar-refractivity contribution is 7.98. The van der Waals surface area contributed by atoms with Crippen LogP contribution in [-0.2, 0) is 0 Å². The summed E-state index contributed by atoms with van der Waals surface area (Å²) in [6.45, 7) is 0. The first kappa shape index (κ1) is 8.68. The van der Waals surface area contributed by atoms with Gasteiger partial charge < -0.3 is 4.74 Å². The predicted octanol–water partition coefficient (Wildman–Crippen LogP) is 2.38. The molecule has 1 rings (SSSR count). The Bertz CT molecular complexity index is 231. The minimum Gasteiger partial charge on any atom is -0.478 e. The Morgan fingerprint density at radius 2 is 2.55 bits per heavy atom. The maximum absolute atomic E-state index is 5.38. The fourth-order valence-electron chi connectivity index (χ4n) is 0.656. The lowest BCUT2D eigenvalue weighted by Gasteiger charge is -2.01. The topological polar surface area (TPSA) is 22.1 Å². The molecule has 1 aromatic heterocycles. The van der Waals surface area contributed by atoms with E-state index in [0.29, 0.717) is 0 Å². The van der Waals surface area contributed by atoms with Gasteiger partial charge in [-0.3, -0.25) is 0 Å². The standard InChI is InChI=1S/C7H8ClNOS/c1-11-7-4-6(10-5-8)2-3-9-7/h2-4H,5H2,1H3. The molecule has 0 aromatic carbocycles. The summed E-state index contributed by atoms with van der Waals surface area (Å²) in [5.74, 6) is 0.763. The van der Waals surface area contributed by atoms with E-state index in [1.807, 2.05) is 12.3 Å². The summed E-state index contributed by atoms with van der Waals surface area (Å²) < 4.78 is 5.06. The molecule has 2 nitrogen and oxygen atoms in total. The average Bonchev–Trinajstić information content (AvgIpc) is 2.06. The number of halogens is 1. The van der Waals surface area contributed by atoms with Crippen molar-refractivity contribution in [2.75, 3.05) is 12.3 Å². The van der Waals surface area contributed by atoms with Crippen molar-refractivity contribution in [3.8, 4) is 5.75 Å². The highest BCUT2D eigenvalue weighted by Crippen LogP contribution is 2.17. The van der Waals surface area contributed by atoms with Gasteiger partial charge in [0, 0.05) is 12.3 Å².